The Labute approximate surface area is 119 Å². The van der Waals surface area contributed by atoms with Crippen LogP contribution in [0.2, 0.25) is 0 Å². The van der Waals surface area contributed by atoms with E-state index in [9.17, 15) is 0 Å². The summed E-state index contributed by atoms with van der Waals surface area (Å²) in [6, 6.07) is 12.7. The minimum Gasteiger partial charge on any atom is -0.378 e. The maximum absolute atomic E-state index is 5.59. The molecule has 104 valence electrons. The van der Waals surface area contributed by atoms with Crippen LogP contribution in [0.5, 0.6) is 0 Å². The number of nitrogens with one attached hydrogen (secondary N) is 1. The minimum atomic E-state index is 0.270. The van der Waals surface area contributed by atoms with Crippen molar-refractivity contribution in [3.8, 4) is 0 Å². The van der Waals surface area contributed by atoms with Crippen LogP contribution in [0.1, 0.15) is 17.3 Å². The Morgan fingerprint density at radius 3 is 3.00 bits per heavy atom. The van der Waals surface area contributed by atoms with E-state index in [4.69, 9.17) is 4.74 Å². The molecule has 0 radical (unpaired) electrons. The van der Waals surface area contributed by atoms with Gasteiger partial charge in [-0.1, -0.05) is 42.5 Å². The molecule has 0 aliphatic carbocycles. The van der Waals surface area contributed by atoms with Crippen LogP contribution in [0.15, 0.2) is 48.7 Å². The minimum absolute atomic E-state index is 0.270. The molecule has 1 aliphatic heterocycles. The monoisotopic (exact) mass is 269 g/mol. The highest BCUT2D eigenvalue weighted by molar-refractivity contribution is 5.48. The third-order valence-electron chi connectivity index (χ3n) is 3.57. The second-order valence-corrected chi connectivity index (χ2v) is 4.91. The number of ether oxygens (including phenoxy) is 1. The maximum atomic E-state index is 5.59. The van der Waals surface area contributed by atoms with E-state index >= 15 is 0 Å². The van der Waals surface area contributed by atoms with Crippen molar-refractivity contribution in [1.82, 2.24) is 15.1 Å². The number of hydrogen-bond acceptors (Lipinski definition) is 3. The SMILES string of the molecule is C(=C\c1ccccc1)/CN1CCOCC1c1ccn[nH]1. The zero-order valence-corrected chi connectivity index (χ0v) is 11.4. The summed E-state index contributed by atoms with van der Waals surface area (Å²) >= 11 is 0. The zero-order valence-electron chi connectivity index (χ0n) is 11.4. The summed E-state index contributed by atoms with van der Waals surface area (Å²) in [5, 5.41) is 7.08. The van der Waals surface area contributed by atoms with Crippen LogP contribution in [0, 0.1) is 0 Å². The van der Waals surface area contributed by atoms with E-state index in [0.717, 1.165) is 32.0 Å². The standard InChI is InChI=1S/C16H19N3O/c1-2-5-14(6-3-1)7-4-10-19-11-12-20-13-16(19)15-8-9-17-18-15/h1-9,16H,10-13H2,(H,17,18)/b7-4+. The van der Waals surface area contributed by atoms with Crippen LogP contribution in [0.3, 0.4) is 0 Å². The molecule has 2 aromatic rings. The van der Waals surface area contributed by atoms with E-state index in [1.54, 1.807) is 6.20 Å². The van der Waals surface area contributed by atoms with E-state index in [2.05, 4.69) is 51.5 Å². The van der Waals surface area contributed by atoms with Gasteiger partial charge in [0.05, 0.1) is 24.9 Å². The number of morpholine rings is 1. The number of H-pyrrole nitrogens is 1. The number of aromatic nitrogens is 2. The van der Waals surface area contributed by atoms with Gasteiger partial charge < -0.3 is 4.74 Å². The topological polar surface area (TPSA) is 41.1 Å². The molecule has 2 heterocycles. The van der Waals surface area contributed by atoms with E-state index in [-0.39, 0.29) is 6.04 Å². The molecule has 0 amide bonds. The summed E-state index contributed by atoms with van der Waals surface area (Å²) < 4.78 is 5.59. The van der Waals surface area contributed by atoms with E-state index < -0.39 is 0 Å². The fraction of sp³-hybridized carbons (Fsp3) is 0.312. The Kier molecular flexibility index (Phi) is 4.25. The van der Waals surface area contributed by atoms with Crippen molar-refractivity contribution in [3.05, 3.63) is 59.9 Å². The largest absolute Gasteiger partial charge is 0.378 e. The van der Waals surface area contributed by atoms with Crippen LogP contribution < -0.4 is 0 Å². The lowest BCUT2D eigenvalue weighted by Crippen LogP contribution is -2.39. The van der Waals surface area contributed by atoms with Crippen molar-refractivity contribution < 1.29 is 4.74 Å². The van der Waals surface area contributed by atoms with Crippen molar-refractivity contribution in [2.75, 3.05) is 26.3 Å². The lowest BCUT2D eigenvalue weighted by atomic mass is 10.1. The molecule has 0 saturated carbocycles. The van der Waals surface area contributed by atoms with Gasteiger partial charge in [0.2, 0.25) is 0 Å². The molecule has 4 nitrogen and oxygen atoms in total. The lowest BCUT2D eigenvalue weighted by molar-refractivity contribution is -0.00406. The first-order valence-electron chi connectivity index (χ1n) is 6.96. The summed E-state index contributed by atoms with van der Waals surface area (Å²) in [6.07, 6.45) is 6.17. The maximum Gasteiger partial charge on any atom is 0.0755 e. The van der Waals surface area contributed by atoms with Crippen LogP contribution >= 0.6 is 0 Å². The molecule has 1 N–H and O–H groups in total. The number of nitrogens with zero attached hydrogens (tertiary/aromatic N) is 2. The van der Waals surface area contributed by atoms with Gasteiger partial charge in [0, 0.05) is 19.3 Å². The van der Waals surface area contributed by atoms with Crippen LogP contribution in [0.4, 0.5) is 0 Å². The fourth-order valence-electron chi connectivity index (χ4n) is 2.48. The summed E-state index contributed by atoms with van der Waals surface area (Å²) in [6.45, 7) is 3.38. The second-order valence-electron chi connectivity index (χ2n) is 4.91. The Morgan fingerprint density at radius 1 is 1.30 bits per heavy atom. The van der Waals surface area contributed by atoms with E-state index in [1.165, 1.54) is 5.56 Å². The lowest BCUT2D eigenvalue weighted by Gasteiger charge is -2.34. The van der Waals surface area contributed by atoms with Crippen molar-refractivity contribution >= 4 is 6.08 Å². The van der Waals surface area contributed by atoms with E-state index in [0.29, 0.717) is 0 Å². The normalized spacial score (nSPS) is 20.5. The first kappa shape index (κ1) is 13.1. The van der Waals surface area contributed by atoms with Gasteiger partial charge >= 0.3 is 0 Å². The molecule has 3 rings (SSSR count). The van der Waals surface area contributed by atoms with Gasteiger partial charge in [0.15, 0.2) is 0 Å². The molecule has 0 bridgehead atoms. The molecule has 20 heavy (non-hydrogen) atoms. The Bertz CT molecular complexity index is 536. The molecular formula is C16H19N3O. The van der Waals surface area contributed by atoms with Gasteiger partial charge in [0.1, 0.15) is 0 Å². The third kappa shape index (κ3) is 3.15. The smallest absolute Gasteiger partial charge is 0.0755 e. The number of rotatable bonds is 4. The van der Waals surface area contributed by atoms with Crippen LogP contribution in [-0.2, 0) is 4.74 Å². The van der Waals surface area contributed by atoms with Crippen molar-refractivity contribution in [2.45, 2.75) is 6.04 Å². The first-order chi connectivity index (χ1) is 9.93. The summed E-state index contributed by atoms with van der Waals surface area (Å²) in [7, 11) is 0. The molecule has 1 aliphatic rings. The molecule has 1 aromatic heterocycles. The van der Waals surface area contributed by atoms with Gasteiger partial charge in [-0.05, 0) is 11.6 Å². The Morgan fingerprint density at radius 2 is 2.20 bits per heavy atom. The number of aromatic amines is 1. The molecule has 1 atom stereocenters. The van der Waals surface area contributed by atoms with Crippen molar-refractivity contribution in [1.29, 1.82) is 0 Å². The quantitative estimate of drug-likeness (QED) is 0.927. The zero-order chi connectivity index (χ0) is 13.6. The summed E-state index contributed by atoms with van der Waals surface area (Å²) in [5.41, 5.74) is 2.36. The van der Waals surface area contributed by atoms with Gasteiger partial charge in [-0.25, -0.2) is 0 Å². The van der Waals surface area contributed by atoms with Gasteiger partial charge in [0.25, 0.3) is 0 Å². The number of benzene rings is 1. The molecular weight excluding hydrogens is 250 g/mol. The Hall–Kier alpha value is -1.91. The number of hydrogen-bond donors (Lipinski definition) is 1. The van der Waals surface area contributed by atoms with Gasteiger partial charge in [-0.15, -0.1) is 0 Å². The highest BCUT2D eigenvalue weighted by Crippen LogP contribution is 2.21. The van der Waals surface area contributed by atoms with Gasteiger partial charge in [-0.2, -0.15) is 5.10 Å². The predicted octanol–water partition coefficient (Wildman–Crippen LogP) is 2.50. The molecule has 1 fully saturated rings. The van der Waals surface area contributed by atoms with Crippen LogP contribution in [-0.4, -0.2) is 41.4 Å². The molecule has 1 unspecified atom stereocenters. The van der Waals surface area contributed by atoms with Crippen molar-refractivity contribution in [2.24, 2.45) is 0 Å². The molecule has 1 aromatic carbocycles. The first-order valence-corrected chi connectivity index (χ1v) is 6.96. The summed E-state index contributed by atoms with van der Waals surface area (Å²) in [4.78, 5) is 2.41. The molecule has 0 spiro atoms. The van der Waals surface area contributed by atoms with E-state index in [1.807, 2.05) is 12.1 Å². The summed E-state index contributed by atoms with van der Waals surface area (Å²) in [5.74, 6) is 0. The Balaban J connectivity index is 1.64. The average Bonchev–Trinajstić information content (AvgIpc) is 3.03. The molecule has 1 saturated heterocycles. The third-order valence-corrected chi connectivity index (χ3v) is 3.57. The van der Waals surface area contributed by atoms with Crippen molar-refractivity contribution in [3.63, 3.8) is 0 Å². The predicted molar refractivity (Wildman–Crippen MR) is 79.2 cm³/mol. The average molecular weight is 269 g/mol. The fourth-order valence-corrected chi connectivity index (χ4v) is 2.48. The van der Waals surface area contributed by atoms with Gasteiger partial charge in [-0.3, -0.25) is 10.00 Å². The second kappa shape index (κ2) is 6.50. The highest BCUT2D eigenvalue weighted by atomic mass is 16.5. The van der Waals surface area contributed by atoms with Crippen LogP contribution in [0.25, 0.3) is 6.08 Å². The molecule has 4 heteroatoms. The highest BCUT2D eigenvalue weighted by Gasteiger charge is 2.24.